The summed E-state index contributed by atoms with van der Waals surface area (Å²) >= 11 is 0. The number of aryl methyl sites for hydroxylation is 1. The zero-order chi connectivity index (χ0) is 19.8. The molecule has 2 aromatic carbocycles. The van der Waals surface area contributed by atoms with Gasteiger partial charge in [0.15, 0.2) is 11.5 Å². The summed E-state index contributed by atoms with van der Waals surface area (Å²) in [6, 6.07) is 12.6. The van der Waals surface area contributed by atoms with Gasteiger partial charge in [0.2, 0.25) is 0 Å². The van der Waals surface area contributed by atoms with Crippen LogP contribution in [0.2, 0.25) is 0 Å². The molecule has 0 saturated heterocycles. The van der Waals surface area contributed by atoms with Gasteiger partial charge in [0.05, 0.1) is 26.5 Å². The average Bonchev–Trinajstić information content (AvgIpc) is 2.70. The maximum absolute atomic E-state index is 12.2. The quantitative estimate of drug-likeness (QED) is 0.579. The van der Waals surface area contributed by atoms with Crippen LogP contribution in [-0.4, -0.2) is 38.3 Å². The molecule has 0 atom stereocenters. The summed E-state index contributed by atoms with van der Waals surface area (Å²) in [6.45, 7) is 3.60. The van der Waals surface area contributed by atoms with Crippen LogP contribution in [0.15, 0.2) is 47.6 Å². The molecule has 7 heteroatoms. The second-order valence-corrected chi connectivity index (χ2v) is 5.85. The Morgan fingerprint density at radius 2 is 1.59 bits per heavy atom. The Balaban J connectivity index is 1.90. The van der Waals surface area contributed by atoms with Crippen molar-refractivity contribution in [2.75, 3.05) is 20.8 Å². The third-order valence-corrected chi connectivity index (χ3v) is 3.87. The number of amides is 2. The van der Waals surface area contributed by atoms with Gasteiger partial charge in [0, 0.05) is 5.56 Å². The van der Waals surface area contributed by atoms with Crippen molar-refractivity contribution in [2.45, 2.75) is 13.8 Å². The molecule has 2 aromatic rings. The molecule has 2 N–H and O–H groups in total. The van der Waals surface area contributed by atoms with Crippen LogP contribution < -0.4 is 20.2 Å². The summed E-state index contributed by atoms with van der Waals surface area (Å²) in [5, 5.41) is 6.60. The molecule has 0 radical (unpaired) electrons. The average molecular weight is 369 g/mol. The molecule has 7 nitrogen and oxygen atoms in total. The predicted octanol–water partition coefficient (Wildman–Crippen LogP) is 2.28. The second kappa shape index (κ2) is 9.38. The predicted molar refractivity (Wildman–Crippen MR) is 103 cm³/mol. The Hall–Kier alpha value is -3.35. The molecule has 2 amide bonds. The molecule has 27 heavy (non-hydrogen) atoms. The van der Waals surface area contributed by atoms with Crippen LogP contribution in [-0.2, 0) is 4.79 Å². The van der Waals surface area contributed by atoms with E-state index in [0.29, 0.717) is 22.8 Å². The maximum atomic E-state index is 12.2. The number of methoxy groups -OCH3 is 2. The molecule has 0 unspecified atom stereocenters. The van der Waals surface area contributed by atoms with Gasteiger partial charge in [-0.1, -0.05) is 29.8 Å². The Morgan fingerprint density at radius 3 is 2.22 bits per heavy atom. The summed E-state index contributed by atoms with van der Waals surface area (Å²) in [4.78, 5) is 24.1. The van der Waals surface area contributed by atoms with E-state index in [1.807, 2.05) is 31.2 Å². The van der Waals surface area contributed by atoms with Gasteiger partial charge < -0.3 is 14.8 Å². The van der Waals surface area contributed by atoms with E-state index >= 15 is 0 Å². The van der Waals surface area contributed by atoms with Crippen molar-refractivity contribution in [1.29, 1.82) is 0 Å². The van der Waals surface area contributed by atoms with Crippen molar-refractivity contribution in [3.8, 4) is 11.5 Å². The highest BCUT2D eigenvalue weighted by molar-refractivity contribution is 6.00. The Labute approximate surface area is 158 Å². The first-order chi connectivity index (χ1) is 12.9. The summed E-state index contributed by atoms with van der Waals surface area (Å²) in [6.07, 6.45) is 0. The van der Waals surface area contributed by atoms with Gasteiger partial charge in [-0.3, -0.25) is 9.59 Å². The van der Waals surface area contributed by atoms with Gasteiger partial charge in [-0.2, -0.15) is 5.10 Å². The first-order valence-electron chi connectivity index (χ1n) is 8.35. The lowest BCUT2D eigenvalue weighted by Gasteiger charge is -2.10. The fourth-order valence-electron chi connectivity index (χ4n) is 2.29. The van der Waals surface area contributed by atoms with Crippen LogP contribution >= 0.6 is 0 Å². The molecule has 142 valence electrons. The van der Waals surface area contributed by atoms with Crippen molar-refractivity contribution in [2.24, 2.45) is 5.10 Å². The van der Waals surface area contributed by atoms with Gasteiger partial charge in [-0.05, 0) is 37.6 Å². The minimum atomic E-state index is -0.421. The minimum absolute atomic E-state index is 0.197. The van der Waals surface area contributed by atoms with Gasteiger partial charge in [0.1, 0.15) is 0 Å². The van der Waals surface area contributed by atoms with E-state index in [-0.39, 0.29) is 6.54 Å². The third kappa shape index (κ3) is 5.57. The van der Waals surface area contributed by atoms with E-state index < -0.39 is 11.8 Å². The highest BCUT2D eigenvalue weighted by atomic mass is 16.5. The standard InChI is InChI=1S/C20H23N3O4/c1-13-5-7-15(8-6-13)14(2)22-23-19(24)12-21-20(25)16-9-10-17(26-3)18(11-16)27-4/h5-11H,12H2,1-4H3,(H,21,25)(H,23,24)/b22-14+. The normalized spacial score (nSPS) is 10.9. The molecule has 0 spiro atoms. The van der Waals surface area contributed by atoms with Crippen LogP contribution in [0.4, 0.5) is 0 Å². The zero-order valence-electron chi connectivity index (χ0n) is 15.8. The van der Waals surface area contributed by atoms with E-state index in [2.05, 4.69) is 15.8 Å². The summed E-state index contributed by atoms with van der Waals surface area (Å²) in [7, 11) is 3.00. The number of nitrogens with one attached hydrogen (secondary N) is 2. The highest BCUT2D eigenvalue weighted by Gasteiger charge is 2.11. The molecule has 0 aliphatic rings. The lowest BCUT2D eigenvalue weighted by atomic mass is 10.1. The maximum Gasteiger partial charge on any atom is 0.259 e. The Morgan fingerprint density at radius 1 is 0.963 bits per heavy atom. The molecule has 0 saturated carbocycles. The van der Waals surface area contributed by atoms with Gasteiger partial charge in [-0.15, -0.1) is 0 Å². The number of hydrazone groups is 1. The number of ether oxygens (including phenoxy) is 2. The van der Waals surface area contributed by atoms with Crippen LogP contribution in [0.25, 0.3) is 0 Å². The fraction of sp³-hybridized carbons (Fsp3) is 0.250. The van der Waals surface area contributed by atoms with Crippen molar-refractivity contribution in [3.05, 3.63) is 59.2 Å². The lowest BCUT2D eigenvalue weighted by Crippen LogP contribution is -2.35. The largest absolute Gasteiger partial charge is 0.493 e. The fourth-order valence-corrected chi connectivity index (χ4v) is 2.29. The molecule has 0 bridgehead atoms. The van der Waals surface area contributed by atoms with Crippen molar-refractivity contribution in [1.82, 2.24) is 10.7 Å². The molecule has 0 aliphatic heterocycles. The van der Waals surface area contributed by atoms with Gasteiger partial charge in [-0.25, -0.2) is 5.43 Å². The number of benzene rings is 2. The summed E-state index contributed by atoms with van der Waals surface area (Å²) < 4.78 is 10.3. The number of hydrogen-bond donors (Lipinski definition) is 2. The van der Waals surface area contributed by atoms with Crippen LogP contribution in [0.3, 0.4) is 0 Å². The van der Waals surface area contributed by atoms with Gasteiger partial charge >= 0.3 is 0 Å². The number of hydrogen-bond acceptors (Lipinski definition) is 5. The van der Waals surface area contributed by atoms with Crippen molar-refractivity contribution >= 4 is 17.5 Å². The Kier molecular flexibility index (Phi) is 6.93. The van der Waals surface area contributed by atoms with E-state index in [4.69, 9.17) is 9.47 Å². The van der Waals surface area contributed by atoms with E-state index in [1.165, 1.54) is 14.2 Å². The van der Waals surface area contributed by atoms with Crippen molar-refractivity contribution in [3.63, 3.8) is 0 Å². The third-order valence-electron chi connectivity index (χ3n) is 3.87. The molecule has 0 aromatic heterocycles. The summed E-state index contributed by atoms with van der Waals surface area (Å²) in [5.41, 5.74) is 5.53. The van der Waals surface area contributed by atoms with Crippen LogP contribution in [0.5, 0.6) is 11.5 Å². The molecule has 2 rings (SSSR count). The SMILES string of the molecule is COc1ccc(C(=O)NCC(=O)N/N=C(\C)c2ccc(C)cc2)cc1OC. The molecular weight excluding hydrogens is 346 g/mol. The smallest absolute Gasteiger partial charge is 0.259 e. The highest BCUT2D eigenvalue weighted by Crippen LogP contribution is 2.27. The second-order valence-electron chi connectivity index (χ2n) is 5.85. The first-order valence-corrected chi connectivity index (χ1v) is 8.35. The van der Waals surface area contributed by atoms with E-state index in [0.717, 1.165) is 11.1 Å². The van der Waals surface area contributed by atoms with E-state index in [9.17, 15) is 9.59 Å². The van der Waals surface area contributed by atoms with Gasteiger partial charge in [0.25, 0.3) is 11.8 Å². The number of carbonyl (C=O) groups is 2. The summed E-state index contributed by atoms with van der Waals surface area (Å²) in [5.74, 6) is 0.140. The lowest BCUT2D eigenvalue weighted by molar-refractivity contribution is -0.120. The zero-order valence-corrected chi connectivity index (χ0v) is 15.8. The molecule has 0 aliphatic carbocycles. The van der Waals surface area contributed by atoms with Crippen LogP contribution in [0, 0.1) is 6.92 Å². The first kappa shape index (κ1) is 20.0. The monoisotopic (exact) mass is 369 g/mol. The van der Waals surface area contributed by atoms with Crippen LogP contribution in [0.1, 0.15) is 28.4 Å². The number of nitrogens with zero attached hydrogens (tertiary/aromatic N) is 1. The number of rotatable bonds is 7. The molecule has 0 heterocycles. The molecular formula is C20H23N3O4. The number of carbonyl (C=O) groups excluding carboxylic acids is 2. The Bertz CT molecular complexity index is 845. The minimum Gasteiger partial charge on any atom is -0.493 e. The topological polar surface area (TPSA) is 89.0 Å². The van der Waals surface area contributed by atoms with Crippen molar-refractivity contribution < 1.29 is 19.1 Å². The molecule has 0 fully saturated rings. The van der Waals surface area contributed by atoms with E-state index in [1.54, 1.807) is 25.1 Å².